The highest BCUT2D eigenvalue weighted by molar-refractivity contribution is 7.99. The second-order valence-corrected chi connectivity index (χ2v) is 10.4. The van der Waals surface area contributed by atoms with Crippen molar-refractivity contribution in [2.45, 2.75) is 37.1 Å². The number of hydrogen-bond donors (Lipinski definition) is 1. The van der Waals surface area contributed by atoms with E-state index in [0.29, 0.717) is 31.0 Å². The molecule has 2 aromatic carbocycles. The number of nitrogens with one attached hydrogen (secondary N) is 1. The molecule has 3 aromatic rings. The highest BCUT2D eigenvalue weighted by Crippen LogP contribution is 2.29. The maximum absolute atomic E-state index is 12.6. The number of aryl methyl sites for hydroxylation is 1. The van der Waals surface area contributed by atoms with Gasteiger partial charge in [-0.2, -0.15) is 4.31 Å². The molecule has 7 nitrogen and oxygen atoms in total. The molecular formula is C24H29N3O4S2. The number of methoxy groups -OCH3 is 1. The van der Waals surface area contributed by atoms with Crippen molar-refractivity contribution in [2.24, 2.45) is 0 Å². The molecule has 0 spiro atoms. The third kappa shape index (κ3) is 5.85. The van der Waals surface area contributed by atoms with Crippen molar-refractivity contribution >= 4 is 44.3 Å². The summed E-state index contributed by atoms with van der Waals surface area (Å²) in [5.41, 5.74) is 2.48. The lowest BCUT2D eigenvalue weighted by Crippen LogP contribution is -2.30. The van der Waals surface area contributed by atoms with Gasteiger partial charge >= 0.3 is 0 Å². The first-order valence-electron chi connectivity index (χ1n) is 10.8. The van der Waals surface area contributed by atoms with Gasteiger partial charge in [0.2, 0.25) is 15.9 Å². The van der Waals surface area contributed by atoms with Crippen LogP contribution < -0.4 is 10.1 Å². The summed E-state index contributed by atoms with van der Waals surface area (Å²) >= 11 is 1.51. The molecule has 0 saturated carbocycles. The summed E-state index contributed by atoms with van der Waals surface area (Å²) in [4.78, 5) is 17.3. The van der Waals surface area contributed by atoms with Crippen LogP contribution in [-0.4, -0.2) is 49.6 Å². The fraction of sp³-hybridized carbons (Fsp3) is 0.333. The summed E-state index contributed by atoms with van der Waals surface area (Å²) in [5, 5.41) is 4.70. The lowest BCUT2D eigenvalue weighted by atomic mass is 10.1. The third-order valence-electron chi connectivity index (χ3n) is 5.27. The van der Waals surface area contributed by atoms with E-state index in [0.717, 1.165) is 27.2 Å². The zero-order chi connectivity index (χ0) is 24.0. The van der Waals surface area contributed by atoms with Gasteiger partial charge in [-0.25, -0.2) is 13.4 Å². The largest absolute Gasteiger partial charge is 0.494 e. The second kappa shape index (κ2) is 11.0. The lowest BCUT2D eigenvalue weighted by molar-refractivity contribution is -0.115. The molecule has 0 saturated heterocycles. The average Bonchev–Trinajstić information content (AvgIpc) is 2.80. The van der Waals surface area contributed by atoms with E-state index in [1.54, 1.807) is 33.1 Å². The van der Waals surface area contributed by atoms with E-state index in [4.69, 9.17) is 9.72 Å². The summed E-state index contributed by atoms with van der Waals surface area (Å²) in [6, 6.07) is 14.1. The molecule has 1 heterocycles. The van der Waals surface area contributed by atoms with E-state index in [2.05, 4.69) is 5.32 Å². The Morgan fingerprint density at radius 2 is 1.82 bits per heavy atom. The molecule has 1 N–H and O–H groups in total. The summed E-state index contributed by atoms with van der Waals surface area (Å²) in [6.45, 7) is 6.46. The van der Waals surface area contributed by atoms with Crippen LogP contribution in [0.2, 0.25) is 0 Å². The standard InChI is InChI=1S/C24H29N3O4S2/c1-5-27(6-2)33(29,30)19-12-10-18(11-13-19)25-22(28)14-15-32-23-16-17(3)20-8-7-9-21(31-4)24(20)26-23/h7-13,16H,5-6,14-15H2,1-4H3,(H,25,28). The first-order chi connectivity index (χ1) is 15.8. The van der Waals surface area contributed by atoms with Gasteiger partial charge in [0, 0.05) is 36.3 Å². The minimum absolute atomic E-state index is 0.142. The lowest BCUT2D eigenvalue weighted by Gasteiger charge is -2.18. The van der Waals surface area contributed by atoms with Crippen molar-refractivity contribution in [3.05, 3.63) is 54.1 Å². The number of amides is 1. The van der Waals surface area contributed by atoms with Crippen LogP contribution in [0.3, 0.4) is 0 Å². The zero-order valence-electron chi connectivity index (χ0n) is 19.3. The first kappa shape index (κ1) is 25.0. The van der Waals surface area contributed by atoms with Gasteiger partial charge in [0.15, 0.2) is 0 Å². The van der Waals surface area contributed by atoms with E-state index in [1.807, 2.05) is 31.2 Å². The van der Waals surface area contributed by atoms with Crippen molar-refractivity contribution in [3.63, 3.8) is 0 Å². The molecule has 3 rings (SSSR count). The minimum atomic E-state index is -3.51. The fourth-order valence-corrected chi connectivity index (χ4v) is 5.87. The summed E-state index contributed by atoms with van der Waals surface area (Å²) < 4.78 is 32.0. The molecule has 9 heteroatoms. The zero-order valence-corrected chi connectivity index (χ0v) is 20.9. The molecule has 33 heavy (non-hydrogen) atoms. The first-order valence-corrected chi connectivity index (χ1v) is 13.2. The molecule has 0 fully saturated rings. The van der Waals surface area contributed by atoms with Crippen LogP contribution in [0.25, 0.3) is 10.9 Å². The van der Waals surface area contributed by atoms with Crippen LogP contribution >= 0.6 is 11.8 Å². The Morgan fingerprint density at radius 3 is 2.45 bits per heavy atom. The number of thioether (sulfide) groups is 1. The normalized spacial score (nSPS) is 11.7. The molecule has 0 aliphatic heterocycles. The van der Waals surface area contributed by atoms with Crippen molar-refractivity contribution in [1.82, 2.24) is 9.29 Å². The number of carbonyl (C=O) groups is 1. The number of fused-ring (bicyclic) bond motifs is 1. The molecule has 0 bridgehead atoms. The molecular weight excluding hydrogens is 458 g/mol. The molecule has 0 aliphatic rings. The summed E-state index contributed by atoms with van der Waals surface area (Å²) in [6.07, 6.45) is 0.300. The maximum atomic E-state index is 12.6. The van der Waals surface area contributed by atoms with E-state index in [9.17, 15) is 13.2 Å². The predicted octanol–water partition coefficient (Wildman–Crippen LogP) is 4.70. The van der Waals surface area contributed by atoms with Crippen LogP contribution in [0.1, 0.15) is 25.8 Å². The monoisotopic (exact) mass is 487 g/mol. The highest BCUT2D eigenvalue weighted by atomic mass is 32.2. The minimum Gasteiger partial charge on any atom is -0.494 e. The SMILES string of the molecule is CCN(CC)S(=O)(=O)c1ccc(NC(=O)CCSc2cc(C)c3cccc(OC)c3n2)cc1. The summed E-state index contributed by atoms with van der Waals surface area (Å²) in [5.74, 6) is 1.15. The van der Waals surface area contributed by atoms with Gasteiger partial charge in [-0.15, -0.1) is 11.8 Å². The molecule has 0 aliphatic carbocycles. The van der Waals surface area contributed by atoms with Gasteiger partial charge in [0.25, 0.3) is 0 Å². The van der Waals surface area contributed by atoms with Gasteiger partial charge in [-0.3, -0.25) is 4.79 Å². The molecule has 0 atom stereocenters. The van der Waals surface area contributed by atoms with Crippen LogP contribution in [0.5, 0.6) is 5.75 Å². The molecule has 176 valence electrons. The highest BCUT2D eigenvalue weighted by Gasteiger charge is 2.21. The van der Waals surface area contributed by atoms with Crippen LogP contribution in [0, 0.1) is 6.92 Å². The Bertz CT molecular complexity index is 1220. The number of ether oxygens (including phenoxy) is 1. The van der Waals surface area contributed by atoms with Crippen molar-refractivity contribution in [3.8, 4) is 5.75 Å². The molecule has 0 unspecified atom stereocenters. The number of para-hydroxylation sites is 1. The Hall–Kier alpha value is -2.62. The Labute approximate surface area is 199 Å². The summed E-state index contributed by atoms with van der Waals surface area (Å²) in [7, 11) is -1.89. The van der Waals surface area contributed by atoms with E-state index in [-0.39, 0.29) is 10.8 Å². The number of aromatic nitrogens is 1. The Balaban J connectivity index is 1.59. The molecule has 1 aromatic heterocycles. The van der Waals surface area contributed by atoms with Crippen molar-refractivity contribution in [1.29, 1.82) is 0 Å². The van der Waals surface area contributed by atoms with E-state index in [1.165, 1.54) is 28.2 Å². The smallest absolute Gasteiger partial charge is 0.243 e. The van der Waals surface area contributed by atoms with Crippen LogP contribution in [0.4, 0.5) is 5.69 Å². The Kier molecular flexibility index (Phi) is 8.34. The predicted molar refractivity (Wildman–Crippen MR) is 134 cm³/mol. The van der Waals surface area contributed by atoms with Gasteiger partial charge < -0.3 is 10.1 Å². The number of carbonyl (C=O) groups excluding carboxylic acids is 1. The number of benzene rings is 2. The van der Waals surface area contributed by atoms with Gasteiger partial charge in [0.1, 0.15) is 11.3 Å². The van der Waals surface area contributed by atoms with Crippen molar-refractivity contribution in [2.75, 3.05) is 31.3 Å². The van der Waals surface area contributed by atoms with Gasteiger partial charge in [-0.1, -0.05) is 26.0 Å². The van der Waals surface area contributed by atoms with Gasteiger partial charge in [0.05, 0.1) is 17.0 Å². The topological polar surface area (TPSA) is 88.6 Å². The Morgan fingerprint density at radius 1 is 1.12 bits per heavy atom. The number of nitrogens with zero attached hydrogens (tertiary/aromatic N) is 2. The van der Waals surface area contributed by atoms with Crippen molar-refractivity contribution < 1.29 is 17.9 Å². The number of hydrogen-bond acceptors (Lipinski definition) is 6. The van der Waals surface area contributed by atoms with E-state index < -0.39 is 10.0 Å². The van der Waals surface area contributed by atoms with Crippen LogP contribution in [0.15, 0.2) is 58.5 Å². The van der Waals surface area contributed by atoms with Crippen LogP contribution in [-0.2, 0) is 14.8 Å². The maximum Gasteiger partial charge on any atom is 0.243 e. The second-order valence-electron chi connectivity index (χ2n) is 7.39. The molecule has 0 radical (unpaired) electrons. The number of rotatable bonds is 10. The number of sulfonamides is 1. The fourth-order valence-electron chi connectivity index (χ4n) is 3.49. The number of anilines is 1. The quantitative estimate of drug-likeness (QED) is 0.417. The van der Waals surface area contributed by atoms with Gasteiger partial charge in [-0.05, 0) is 48.9 Å². The molecule has 1 amide bonds. The average molecular weight is 488 g/mol. The number of pyridine rings is 1. The van der Waals surface area contributed by atoms with E-state index >= 15 is 0 Å². The third-order valence-corrected chi connectivity index (χ3v) is 8.24.